The lowest BCUT2D eigenvalue weighted by molar-refractivity contribution is -0.00765. The minimum Gasteiger partial charge on any atom is -0.319 e. The third-order valence-electron chi connectivity index (χ3n) is 9.56. The zero-order valence-corrected chi connectivity index (χ0v) is 23.2. The number of amides is 1. The Labute approximate surface area is 230 Å². The van der Waals surface area contributed by atoms with Crippen LogP contribution < -0.4 is 5.32 Å². The van der Waals surface area contributed by atoms with Gasteiger partial charge in [-0.15, -0.1) is 0 Å². The smallest absolute Gasteiger partial charge is 0.259 e. The lowest BCUT2D eigenvalue weighted by Crippen LogP contribution is -2.49. The van der Waals surface area contributed by atoms with Crippen LogP contribution in [0.5, 0.6) is 0 Å². The summed E-state index contributed by atoms with van der Waals surface area (Å²) in [7, 11) is 0. The Morgan fingerprint density at radius 3 is 2.28 bits per heavy atom. The van der Waals surface area contributed by atoms with E-state index in [2.05, 4.69) is 48.6 Å². The molecule has 4 aromatic rings. The van der Waals surface area contributed by atoms with E-state index in [0.717, 1.165) is 46.2 Å². The van der Waals surface area contributed by atoms with Gasteiger partial charge in [0.25, 0.3) is 5.91 Å². The summed E-state index contributed by atoms with van der Waals surface area (Å²) in [6, 6.07) is 18.7. The number of carbonyl (C=O) groups excluding carboxylic acids is 1. The van der Waals surface area contributed by atoms with Crippen LogP contribution in [-0.4, -0.2) is 25.5 Å². The van der Waals surface area contributed by atoms with Crippen molar-refractivity contribution in [2.75, 3.05) is 5.32 Å². The molecule has 39 heavy (non-hydrogen) atoms. The van der Waals surface area contributed by atoms with Gasteiger partial charge in [0.05, 0.1) is 40.6 Å². The number of carbonyl (C=O) groups is 1. The zero-order chi connectivity index (χ0) is 26.7. The van der Waals surface area contributed by atoms with Crippen molar-refractivity contribution < 1.29 is 4.79 Å². The van der Waals surface area contributed by atoms with Gasteiger partial charge in [-0.2, -0.15) is 10.2 Å². The molecule has 0 unspecified atom stereocenters. The summed E-state index contributed by atoms with van der Waals surface area (Å²) in [4.78, 5) is 14.1. The molecule has 6 nitrogen and oxygen atoms in total. The average Bonchev–Trinajstić information content (AvgIpc) is 3.47. The van der Waals surface area contributed by atoms with Gasteiger partial charge in [0, 0.05) is 11.6 Å². The normalized spacial score (nSPS) is 25.3. The first-order chi connectivity index (χ1) is 18.9. The third kappa shape index (κ3) is 4.30. The van der Waals surface area contributed by atoms with Crippen molar-refractivity contribution in [3.8, 4) is 5.69 Å². The Bertz CT molecular complexity index is 1510. The largest absolute Gasteiger partial charge is 0.319 e. The summed E-state index contributed by atoms with van der Waals surface area (Å²) in [6.07, 6.45) is 9.53. The van der Waals surface area contributed by atoms with E-state index >= 15 is 0 Å². The van der Waals surface area contributed by atoms with E-state index in [1.165, 1.54) is 49.7 Å². The van der Waals surface area contributed by atoms with E-state index in [1.807, 2.05) is 47.6 Å². The molecule has 8 rings (SSSR count). The van der Waals surface area contributed by atoms with E-state index in [0.29, 0.717) is 12.1 Å². The Kier molecular flexibility index (Phi) is 5.76. The molecule has 0 aliphatic heterocycles. The summed E-state index contributed by atoms with van der Waals surface area (Å²) in [6.45, 7) is 6.80. The number of anilines is 1. The lowest BCUT2D eigenvalue weighted by Gasteiger charge is -2.56. The second kappa shape index (κ2) is 9.22. The maximum absolute atomic E-state index is 14.1. The molecule has 1 N–H and O–H groups in total. The SMILES string of the molecule is Cc1cccc(Cn2nc(C)c(NC(=O)c3cn(-c4ccccc4)nc3C34CC5CC(CC(C5)C3)C4)c2C)c1. The van der Waals surface area contributed by atoms with Gasteiger partial charge < -0.3 is 5.32 Å². The average molecular weight is 520 g/mol. The molecular weight excluding hydrogens is 482 g/mol. The highest BCUT2D eigenvalue weighted by Crippen LogP contribution is 2.61. The summed E-state index contributed by atoms with van der Waals surface area (Å²) in [5.74, 6) is 2.25. The standard InChI is InChI=1S/C33H37N5O/c1-21-8-7-9-24(12-21)19-37-23(3)30(22(2)35-37)34-32(39)29-20-38(28-10-5-4-6-11-28)36-31(29)33-16-25-13-26(17-33)15-27(14-25)18-33/h4-12,20,25-27H,13-19H2,1-3H3,(H,34,39). The molecule has 4 fully saturated rings. The first-order valence-corrected chi connectivity index (χ1v) is 14.4. The number of hydrogen-bond donors (Lipinski definition) is 1. The molecule has 0 atom stereocenters. The molecule has 1 amide bonds. The predicted octanol–water partition coefficient (Wildman–Crippen LogP) is 6.76. The van der Waals surface area contributed by atoms with Crippen LogP contribution in [0, 0.1) is 38.5 Å². The number of rotatable bonds is 6. The second-order valence-electron chi connectivity index (χ2n) is 12.5. The molecule has 0 radical (unpaired) electrons. The quantitative estimate of drug-likeness (QED) is 0.306. The first kappa shape index (κ1) is 24.4. The maximum Gasteiger partial charge on any atom is 0.259 e. The van der Waals surface area contributed by atoms with Gasteiger partial charge in [-0.05, 0) is 94.7 Å². The minimum atomic E-state index is -0.0794. The maximum atomic E-state index is 14.1. The topological polar surface area (TPSA) is 64.7 Å². The molecule has 4 saturated carbocycles. The van der Waals surface area contributed by atoms with Gasteiger partial charge in [-0.1, -0.05) is 48.0 Å². The first-order valence-electron chi connectivity index (χ1n) is 14.4. The van der Waals surface area contributed by atoms with Crippen molar-refractivity contribution >= 4 is 11.6 Å². The van der Waals surface area contributed by atoms with Gasteiger partial charge in [0.15, 0.2) is 0 Å². The summed E-state index contributed by atoms with van der Waals surface area (Å²) in [5.41, 5.74) is 7.76. The molecule has 6 heteroatoms. The van der Waals surface area contributed by atoms with Crippen LogP contribution >= 0.6 is 0 Å². The fraction of sp³-hybridized carbons (Fsp3) is 0.424. The van der Waals surface area contributed by atoms with Crippen LogP contribution in [0.2, 0.25) is 0 Å². The van der Waals surface area contributed by atoms with Crippen molar-refractivity contribution in [1.29, 1.82) is 0 Å². The van der Waals surface area contributed by atoms with E-state index in [1.54, 1.807) is 0 Å². The molecule has 200 valence electrons. The number of hydrogen-bond acceptors (Lipinski definition) is 3. The molecule has 4 bridgehead atoms. The molecule has 0 spiro atoms. The van der Waals surface area contributed by atoms with E-state index < -0.39 is 0 Å². The van der Waals surface area contributed by atoms with Crippen LogP contribution in [0.4, 0.5) is 5.69 Å². The number of nitrogens with zero attached hydrogens (tertiary/aromatic N) is 4. The summed E-state index contributed by atoms with van der Waals surface area (Å²) >= 11 is 0. The van der Waals surface area contributed by atoms with Crippen LogP contribution in [0.15, 0.2) is 60.8 Å². The molecular formula is C33H37N5O. The summed E-state index contributed by atoms with van der Waals surface area (Å²) < 4.78 is 3.91. The highest BCUT2D eigenvalue weighted by atomic mass is 16.1. The molecule has 4 aliphatic carbocycles. The number of aromatic nitrogens is 4. The molecule has 2 heterocycles. The zero-order valence-electron chi connectivity index (χ0n) is 23.2. The predicted molar refractivity (Wildman–Crippen MR) is 153 cm³/mol. The number of benzene rings is 2. The molecule has 4 aliphatic rings. The molecule has 0 saturated heterocycles. The molecule has 2 aromatic heterocycles. The Hall–Kier alpha value is -3.67. The monoisotopic (exact) mass is 519 g/mol. The Balaban J connectivity index is 1.24. The van der Waals surface area contributed by atoms with Crippen LogP contribution in [-0.2, 0) is 12.0 Å². The number of para-hydroxylation sites is 1. The van der Waals surface area contributed by atoms with Gasteiger partial charge >= 0.3 is 0 Å². The highest BCUT2D eigenvalue weighted by molar-refractivity contribution is 6.05. The van der Waals surface area contributed by atoms with Crippen LogP contribution in [0.1, 0.15) is 77.1 Å². The van der Waals surface area contributed by atoms with Crippen LogP contribution in [0.3, 0.4) is 0 Å². The minimum absolute atomic E-state index is 0.0148. The van der Waals surface area contributed by atoms with Crippen molar-refractivity contribution in [2.24, 2.45) is 17.8 Å². The van der Waals surface area contributed by atoms with Crippen molar-refractivity contribution in [2.45, 2.75) is 71.3 Å². The summed E-state index contributed by atoms with van der Waals surface area (Å²) in [5, 5.41) is 13.2. The number of aryl methyl sites for hydroxylation is 2. The lowest BCUT2D eigenvalue weighted by atomic mass is 9.48. The highest BCUT2D eigenvalue weighted by Gasteiger charge is 2.54. The van der Waals surface area contributed by atoms with E-state index in [4.69, 9.17) is 10.2 Å². The van der Waals surface area contributed by atoms with Gasteiger partial charge in [0.1, 0.15) is 0 Å². The van der Waals surface area contributed by atoms with Crippen molar-refractivity contribution in [3.05, 3.63) is 94.6 Å². The van der Waals surface area contributed by atoms with Crippen molar-refractivity contribution in [3.63, 3.8) is 0 Å². The van der Waals surface area contributed by atoms with Gasteiger partial charge in [0.2, 0.25) is 0 Å². The molecule has 2 aromatic carbocycles. The van der Waals surface area contributed by atoms with Gasteiger partial charge in [-0.25, -0.2) is 4.68 Å². The van der Waals surface area contributed by atoms with E-state index in [-0.39, 0.29) is 11.3 Å². The van der Waals surface area contributed by atoms with Crippen LogP contribution in [0.25, 0.3) is 5.69 Å². The van der Waals surface area contributed by atoms with Crippen molar-refractivity contribution in [1.82, 2.24) is 19.6 Å². The van der Waals surface area contributed by atoms with Gasteiger partial charge in [-0.3, -0.25) is 9.48 Å². The fourth-order valence-electron chi connectivity index (χ4n) is 8.24. The Morgan fingerprint density at radius 2 is 1.62 bits per heavy atom. The fourth-order valence-corrected chi connectivity index (χ4v) is 8.24. The number of nitrogens with one attached hydrogen (secondary N) is 1. The Morgan fingerprint density at radius 1 is 0.923 bits per heavy atom. The van der Waals surface area contributed by atoms with E-state index in [9.17, 15) is 4.79 Å². The second-order valence-corrected chi connectivity index (χ2v) is 12.5. The third-order valence-corrected chi connectivity index (χ3v) is 9.56.